The average molecular weight is 256 g/mol. The molecular formula is C16H20N2O. The lowest BCUT2D eigenvalue weighted by Gasteiger charge is -2.19. The first-order valence-corrected chi connectivity index (χ1v) is 6.94. The van der Waals surface area contributed by atoms with Crippen LogP contribution in [0.15, 0.2) is 35.1 Å². The number of pyridine rings is 1. The molecule has 2 aromatic rings. The molecule has 1 saturated carbocycles. The van der Waals surface area contributed by atoms with E-state index in [2.05, 4.69) is 26.0 Å². The predicted octanol–water partition coefficient (Wildman–Crippen LogP) is 2.57. The Morgan fingerprint density at radius 3 is 2.58 bits per heavy atom. The minimum Gasteiger partial charge on any atom is -0.330 e. The van der Waals surface area contributed by atoms with Crippen LogP contribution in [-0.2, 0) is 5.41 Å². The quantitative estimate of drug-likeness (QED) is 0.917. The zero-order valence-electron chi connectivity index (χ0n) is 11.5. The van der Waals surface area contributed by atoms with Crippen molar-refractivity contribution in [1.82, 2.24) is 4.57 Å². The van der Waals surface area contributed by atoms with E-state index < -0.39 is 0 Å². The molecule has 0 saturated heterocycles. The van der Waals surface area contributed by atoms with E-state index >= 15 is 0 Å². The summed E-state index contributed by atoms with van der Waals surface area (Å²) in [7, 11) is 0. The molecule has 1 aromatic carbocycles. The lowest BCUT2D eigenvalue weighted by molar-refractivity contribution is 0.581. The van der Waals surface area contributed by atoms with Crippen LogP contribution in [0.2, 0.25) is 0 Å². The zero-order valence-corrected chi connectivity index (χ0v) is 11.5. The molecule has 0 atom stereocenters. The van der Waals surface area contributed by atoms with Gasteiger partial charge in [0.15, 0.2) is 0 Å². The van der Waals surface area contributed by atoms with E-state index in [1.54, 1.807) is 0 Å². The Morgan fingerprint density at radius 2 is 2.00 bits per heavy atom. The zero-order chi connectivity index (χ0) is 13.6. The Bertz CT molecular complexity index is 681. The lowest BCUT2D eigenvalue weighted by atomic mass is 9.95. The molecule has 0 bridgehead atoms. The number of aromatic nitrogens is 1. The maximum Gasteiger partial charge on any atom is 0.255 e. The molecular weight excluding hydrogens is 236 g/mol. The van der Waals surface area contributed by atoms with E-state index in [9.17, 15) is 4.79 Å². The van der Waals surface area contributed by atoms with Gasteiger partial charge in [0.2, 0.25) is 0 Å². The van der Waals surface area contributed by atoms with Crippen LogP contribution in [0.5, 0.6) is 0 Å². The van der Waals surface area contributed by atoms with E-state index in [0.29, 0.717) is 6.54 Å². The van der Waals surface area contributed by atoms with Crippen LogP contribution < -0.4 is 11.3 Å². The molecule has 1 aliphatic rings. The van der Waals surface area contributed by atoms with Gasteiger partial charge in [-0.1, -0.05) is 18.2 Å². The van der Waals surface area contributed by atoms with Gasteiger partial charge in [-0.05, 0) is 44.2 Å². The maximum atomic E-state index is 12.8. The second-order valence-electron chi connectivity index (χ2n) is 5.87. The number of benzene rings is 1. The summed E-state index contributed by atoms with van der Waals surface area (Å²) in [4.78, 5) is 12.8. The Balaban J connectivity index is 2.37. The van der Waals surface area contributed by atoms with E-state index in [4.69, 9.17) is 5.73 Å². The first kappa shape index (κ1) is 12.4. The van der Waals surface area contributed by atoms with Crippen LogP contribution >= 0.6 is 0 Å². The van der Waals surface area contributed by atoms with Crippen molar-refractivity contribution in [1.29, 1.82) is 0 Å². The summed E-state index contributed by atoms with van der Waals surface area (Å²) in [6.45, 7) is 4.68. The van der Waals surface area contributed by atoms with Crippen LogP contribution in [0.25, 0.3) is 10.9 Å². The number of nitrogens with two attached hydrogens (primary N) is 1. The van der Waals surface area contributed by atoms with E-state index in [0.717, 1.165) is 29.3 Å². The van der Waals surface area contributed by atoms with Crippen molar-refractivity contribution in [3.63, 3.8) is 0 Å². The molecule has 100 valence electrons. The topological polar surface area (TPSA) is 48.0 Å². The fourth-order valence-electron chi connectivity index (χ4n) is 2.91. The fraction of sp³-hybridized carbons (Fsp3) is 0.438. The molecule has 0 spiro atoms. The summed E-state index contributed by atoms with van der Waals surface area (Å²) in [5.74, 6) is 0. The van der Waals surface area contributed by atoms with Crippen LogP contribution in [0, 0.1) is 0 Å². The molecule has 1 aliphatic carbocycles. The molecule has 1 fully saturated rings. The maximum absolute atomic E-state index is 12.8. The van der Waals surface area contributed by atoms with Crippen LogP contribution in [-0.4, -0.2) is 11.1 Å². The van der Waals surface area contributed by atoms with E-state index in [-0.39, 0.29) is 17.0 Å². The molecule has 0 aliphatic heterocycles. The van der Waals surface area contributed by atoms with Gasteiger partial charge < -0.3 is 10.3 Å². The van der Waals surface area contributed by atoms with E-state index in [1.807, 2.05) is 22.8 Å². The summed E-state index contributed by atoms with van der Waals surface area (Å²) >= 11 is 0. The lowest BCUT2D eigenvalue weighted by Crippen LogP contribution is -2.33. The molecule has 1 aromatic heterocycles. The van der Waals surface area contributed by atoms with Crippen LogP contribution in [0.1, 0.15) is 38.3 Å². The fourth-order valence-corrected chi connectivity index (χ4v) is 2.91. The highest BCUT2D eigenvalue weighted by atomic mass is 16.1. The summed E-state index contributed by atoms with van der Waals surface area (Å²) < 4.78 is 1.90. The Kier molecular flexibility index (Phi) is 2.75. The standard InChI is InChI=1S/C16H20N2O/c1-11(2)18-14-6-4-3-5-12(14)9-13(15(18)19)16(10-17)7-8-16/h3-6,9,11H,7-8,10,17H2,1-2H3. The first-order chi connectivity index (χ1) is 9.09. The van der Waals surface area contributed by atoms with Crippen molar-refractivity contribution in [3.05, 3.63) is 46.2 Å². The highest BCUT2D eigenvalue weighted by Crippen LogP contribution is 2.46. The third-order valence-corrected chi connectivity index (χ3v) is 4.28. The Morgan fingerprint density at radius 1 is 1.32 bits per heavy atom. The predicted molar refractivity (Wildman–Crippen MR) is 78.6 cm³/mol. The van der Waals surface area contributed by atoms with E-state index in [1.165, 1.54) is 0 Å². The molecule has 3 rings (SSSR count). The van der Waals surface area contributed by atoms with Gasteiger partial charge in [-0.25, -0.2) is 0 Å². The third-order valence-electron chi connectivity index (χ3n) is 4.28. The number of nitrogens with zero attached hydrogens (tertiary/aromatic N) is 1. The van der Waals surface area contributed by atoms with Crippen molar-refractivity contribution in [2.45, 2.75) is 38.1 Å². The smallest absolute Gasteiger partial charge is 0.255 e. The van der Waals surface area contributed by atoms with Crippen molar-refractivity contribution >= 4 is 10.9 Å². The van der Waals surface area contributed by atoms with Crippen molar-refractivity contribution < 1.29 is 0 Å². The highest BCUT2D eigenvalue weighted by Gasteiger charge is 2.45. The highest BCUT2D eigenvalue weighted by molar-refractivity contribution is 5.80. The minimum absolute atomic E-state index is 0.0578. The van der Waals surface area contributed by atoms with Crippen LogP contribution in [0.4, 0.5) is 0 Å². The number of fused-ring (bicyclic) bond motifs is 1. The number of rotatable bonds is 3. The minimum atomic E-state index is -0.0578. The van der Waals surface area contributed by atoms with Gasteiger partial charge >= 0.3 is 0 Å². The summed E-state index contributed by atoms with van der Waals surface area (Å²) in [6.07, 6.45) is 2.07. The second kappa shape index (κ2) is 4.20. The number of hydrogen-bond donors (Lipinski definition) is 1. The van der Waals surface area contributed by atoms with Gasteiger partial charge in [0, 0.05) is 23.6 Å². The SMILES string of the molecule is CC(C)n1c(=O)c(C2(CN)CC2)cc2ccccc21. The number of hydrogen-bond acceptors (Lipinski definition) is 2. The van der Waals surface area contributed by atoms with Gasteiger partial charge in [0.25, 0.3) is 5.56 Å². The van der Waals surface area contributed by atoms with Gasteiger partial charge in [0.1, 0.15) is 0 Å². The van der Waals surface area contributed by atoms with Gasteiger partial charge in [-0.2, -0.15) is 0 Å². The molecule has 3 nitrogen and oxygen atoms in total. The molecule has 2 N–H and O–H groups in total. The molecule has 0 unspecified atom stereocenters. The van der Waals surface area contributed by atoms with Crippen molar-refractivity contribution in [3.8, 4) is 0 Å². The summed E-state index contributed by atoms with van der Waals surface area (Å²) in [5, 5.41) is 1.13. The third kappa shape index (κ3) is 1.80. The second-order valence-corrected chi connectivity index (χ2v) is 5.87. The van der Waals surface area contributed by atoms with Crippen molar-refractivity contribution in [2.75, 3.05) is 6.54 Å². The summed E-state index contributed by atoms with van der Waals surface area (Å²) in [6, 6.07) is 10.3. The molecule has 0 amide bonds. The first-order valence-electron chi connectivity index (χ1n) is 6.94. The monoisotopic (exact) mass is 256 g/mol. The largest absolute Gasteiger partial charge is 0.330 e. The summed E-state index contributed by atoms with van der Waals surface area (Å²) in [5.41, 5.74) is 7.89. The van der Waals surface area contributed by atoms with Gasteiger partial charge in [0.05, 0.1) is 5.52 Å². The Labute approximate surface area is 113 Å². The van der Waals surface area contributed by atoms with Gasteiger partial charge in [-0.3, -0.25) is 4.79 Å². The normalized spacial score (nSPS) is 17.1. The molecule has 3 heteroatoms. The molecule has 19 heavy (non-hydrogen) atoms. The molecule has 0 radical (unpaired) electrons. The van der Waals surface area contributed by atoms with Crippen LogP contribution in [0.3, 0.4) is 0 Å². The number of para-hydroxylation sites is 1. The Hall–Kier alpha value is -1.61. The molecule has 1 heterocycles. The average Bonchev–Trinajstić information content (AvgIpc) is 3.18. The van der Waals surface area contributed by atoms with Crippen molar-refractivity contribution in [2.24, 2.45) is 5.73 Å². The van der Waals surface area contributed by atoms with Gasteiger partial charge in [-0.15, -0.1) is 0 Å².